The zero-order valence-electron chi connectivity index (χ0n) is 8.08. The summed E-state index contributed by atoms with van der Waals surface area (Å²) in [5.41, 5.74) is -0.479. The van der Waals surface area contributed by atoms with Crippen LogP contribution in [0.4, 0.5) is 0 Å². The van der Waals surface area contributed by atoms with E-state index in [0.29, 0.717) is 0 Å². The fraction of sp³-hybridized carbons (Fsp3) is 1.00. The second-order valence-corrected chi connectivity index (χ2v) is 5.08. The van der Waals surface area contributed by atoms with Crippen LogP contribution in [-0.2, 0) is 0 Å². The van der Waals surface area contributed by atoms with Gasteiger partial charge in [0, 0.05) is 19.6 Å². The van der Waals surface area contributed by atoms with E-state index in [1.807, 2.05) is 13.8 Å². The van der Waals surface area contributed by atoms with E-state index in [4.69, 9.17) is 0 Å². The van der Waals surface area contributed by atoms with Gasteiger partial charge in [-0.1, -0.05) is 0 Å². The smallest absolute Gasteiger partial charge is 0.0603 e. The summed E-state index contributed by atoms with van der Waals surface area (Å²) in [5, 5.41) is 9.53. The van der Waals surface area contributed by atoms with Gasteiger partial charge in [0.15, 0.2) is 0 Å². The Morgan fingerprint density at radius 1 is 1.33 bits per heavy atom. The van der Waals surface area contributed by atoms with Crippen LogP contribution in [0.1, 0.15) is 26.7 Å². The van der Waals surface area contributed by atoms with Crippen molar-refractivity contribution >= 4 is 0 Å². The summed E-state index contributed by atoms with van der Waals surface area (Å²) in [4.78, 5) is 2.50. The van der Waals surface area contributed by atoms with Crippen LogP contribution < -0.4 is 0 Å². The molecule has 2 nitrogen and oxygen atoms in total. The van der Waals surface area contributed by atoms with Gasteiger partial charge in [-0.05, 0) is 38.5 Å². The normalized spacial score (nSPS) is 35.2. The molecule has 0 aromatic carbocycles. The average Bonchev–Trinajstić information content (AvgIpc) is 2.54. The van der Waals surface area contributed by atoms with Gasteiger partial charge in [-0.15, -0.1) is 0 Å². The highest BCUT2D eigenvalue weighted by atomic mass is 16.3. The van der Waals surface area contributed by atoms with Gasteiger partial charge in [0.2, 0.25) is 0 Å². The molecular weight excluding hydrogens is 150 g/mol. The fourth-order valence-electron chi connectivity index (χ4n) is 2.11. The van der Waals surface area contributed by atoms with Crippen LogP contribution in [-0.4, -0.2) is 35.2 Å². The Morgan fingerprint density at radius 3 is 2.42 bits per heavy atom. The first-order valence-corrected chi connectivity index (χ1v) is 4.99. The zero-order valence-corrected chi connectivity index (χ0v) is 8.08. The minimum Gasteiger partial charge on any atom is -0.390 e. The van der Waals surface area contributed by atoms with Gasteiger partial charge in [-0.2, -0.15) is 0 Å². The Labute approximate surface area is 74.6 Å². The highest BCUT2D eigenvalue weighted by molar-refractivity contribution is 4.96. The van der Waals surface area contributed by atoms with Crippen molar-refractivity contribution in [3.05, 3.63) is 0 Å². The van der Waals surface area contributed by atoms with Crippen LogP contribution in [0.3, 0.4) is 0 Å². The fourth-order valence-corrected chi connectivity index (χ4v) is 2.11. The molecule has 2 rings (SSSR count). The molecule has 0 spiro atoms. The Morgan fingerprint density at radius 2 is 1.92 bits per heavy atom. The van der Waals surface area contributed by atoms with Crippen molar-refractivity contribution in [1.82, 2.24) is 4.90 Å². The molecule has 1 N–H and O–H groups in total. The van der Waals surface area contributed by atoms with Crippen LogP contribution in [0.5, 0.6) is 0 Å². The van der Waals surface area contributed by atoms with E-state index < -0.39 is 5.60 Å². The molecule has 1 saturated heterocycles. The third-order valence-corrected chi connectivity index (χ3v) is 3.09. The molecule has 2 atom stereocenters. The van der Waals surface area contributed by atoms with Gasteiger partial charge < -0.3 is 10.0 Å². The highest BCUT2D eigenvalue weighted by Crippen LogP contribution is 2.44. The molecular formula is C10H19NO. The van der Waals surface area contributed by atoms with Crippen molar-refractivity contribution in [3.8, 4) is 0 Å². The van der Waals surface area contributed by atoms with E-state index in [1.54, 1.807) is 0 Å². The van der Waals surface area contributed by atoms with Gasteiger partial charge in [0.25, 0.3) is 0 Å². The molecule has 2 aliphatic rings. The summed E-state index contributed by atoms with van der Waals surface area (Å²) in [6.45, 7) is 7.45. The van der Waals surface area contributed by atoms with Crippen LogP contribution in [0, 0.1) is 11.8 Å². The van der Waals surface area contributed by atoms with Gasteiger partial charge in [-0.3, -0.25) is 0 Å². The molecule has 1 heterocycles. The van der Waals surface area contributed by atoms with E-state index in [2.05, 4.69) is 4.90 Å². The number of hydrogen-bond acceptors (Lipinski definition) is 2. The Bertz CT molecular complexity index is 163. The first kappa shape index (κ1) is 8.52. The van der Waals surface area contributed by atoms with Crippen LogP contribution >= 0.6 is 0 Å². The lowest BCUT2D eigenvalue weighted by atomic mass is 10.1. The number of likely N-dealkylation sites (tertiary alicyclic amines) is 1. The highest BCUT2D eigenvalue weighted by Gasteiger charge is 2.44. The van der Waals surface area contributed by atoms with Crippen molar-refractivity contribution in [3.63, 3.8) is 0 Å². The molecule has 70 valence electrons. The second-order valence-electron chi connectivity index (χ2n) is 5.08. The lowest BCUT2D eigenvalue weighted by molar-refractivity contribution is 0.0592. The number of nitrogens with zero attached hydrogens (tertiary/aromatic N) is 1. The van der Waals surface area contributed by atoms with Crippen LogP contribution in [0.25, 0.3) is 0 Å². The summed E-state index contributed by atoms with van der Waals surface area (Å²) in [6.07, 6.45) is 2.38. The van der Waals surface area contributed by atoms with Crippen molar-refractivity contribution in [2.75, 3.05) is 19.6 Å². The maximum Gasteiger partial charge on any atom is 0.0603 e. The predicted octanol–water partition coefficient (Wildman–Crippen LogP) is 1.10. The third kappa shape index (κ3) is 1.99. The summed E-state index contributed by atoms with van der Waals surface area (Å²) >= 11 is 0. The maximum absolute atomic E-state index is 9.53. The van der Waals surface area contributed by atoms with Gasteiger partial charge in [0.05, 0.1) is 5.60 Å². The lowest BCUT2D eigenvalue weighted by Gasteiger charge is -2.23. The lowest BCUT2D eigenvalue weighted by Crippen LogP contribution is -2.30. The van der Waals surface area contributed by atoms with E-state index in [0.717, 1.165) is 24.8 Å². The van der Waals surface area contributed by atoms with Crippen molar-refractivity contribution < 1.29 is 5.11 Å². The largest absolute Gasteiger partial charge is 0.390 e. The van der Waals surface area contributed by atoms with Crippen molar-refractivity contribution in [2.45, 2.75) is 32.3 Å². The molecule has 0 bridgehead atoms. The Balaban J connectivity index is 1.68. The molecule has 1 aliphatic carbocycles. The topological polar surface area (TPSA) is 23.5 Å². The molecule has 1 saturated carbocycles. The summed E-state index contributed by atoms with van der Waals surface area (Å²) in [6, 6.07) is 0. The molecule has 0 aromatic rings. The third-order valence-electron chi connectivity index (χ3n) is 3.09. The Hall–Kier alpha value is -0.0800. The molecule has 2 heteroatoms. The predicted molar refractivity (Wildman–Crippen MR) is 49.0 cm³/mol. The standard InChI is InChI=1S/C10H19NO/c1-10(2,12)3-4-11-6-8-5-9(8)7-11/h8-9,12H,3-7H2,1-2H3. The molecule has 0 aromatic heterocycles. The van der Waals surface area contributed by atoms with Gasteiger partial charge >= 0.3 is 0 Å². The summed E-state index contributed by atoms with van der Waals surface area (Å²) in [7, 11) is 0. The van der Waals surface area contributed by atoms with E-state index >= 15 is 0 Å². The zero-order chi connectivity index (χ0) is 8.77. The monoisotopic (exact) mass is 169 g/mol. The molecule has 2 unspecified atom stereocenters. The quantitative estimate of drug-likeness (QED) is 0.684. The van der Waals surface area contributed by atoms with Crippen molar-refractivity contribution in [2.24, 2.45) is 11.8 Å². The molecule has 1 aliphatic heterocycles. The number of rotatable bonds is 3. The van der Waals surface area contributed by atoms with Crippen molar-refractivity contribution in [1.29, 1.82) is 0 Å². The Kier molecular flexibility index (Phi) is 1.92. The van der Waals surface area contributed by atoms with E-state index in [-0.39, 0.29) is 0 Å². The van der Waals surface area contributed by atoms with E-state index in [9.17, 15) is 5.11 Å². The number of fused-ring (bicyclic) bond motifs is 1. The number of piperidine rings is 1. The summed E-state index contributed by atoms with van der Waals surface area (Å²) in [5.74, 6) is 2.04. The SMILES string of the molecule is CC(C)(O)CCN1CC2CC2C1. The minimum absolute atomic E-state index is 0.479. The van der Waals surface area contributed by atoms with Gasteiger partial charge in [0.1, 0.15) is 0 Å². The number of aliphatic hydroxyl groups is 1. The first-order valence-electron chi connectivity index (χ1n) is 4.99. The molecule has 0 amide bonds. The maximum atomic E-state index is 9.53. The van der Waals surface area contributed by atoms with E-state index in [1.165, 1.54) is 19.5 Å². The average molecular weight is 169 g/mol. The molecule has 2 fully saturated rings. The first-order chi connectivity index (χ1) is 5.54. The summed E-state index contributed by atoms with van der Waals surface area (Å²) < 4.78 is 0. The molecule has 0 radical (unpaired) electrons. The van der Waals surface area contributed by atoms with Gasteiger partial charge in [-0.25, -0.2) is 0 Å². The second kappa shape index (κ2) is 2.71. The van der Waals surface area contributed by atoms with Crippen LogP contribution in [0.15, 0.2) is 0 Å². The molecule has 12 heavy (non-hydrogen) atoms. The minimum atomic E-state index is -0.479. The number of hydrogen-bond donors (Lipinski definition) is 1. The van der Waals surface area contributed by atoms with Crippen LogP contribution in [0.2, 0.25) is 0 Å².